The first kappa shape index (κ1) is 31.2. The van der Waals surface area contributed by atoms with Gasteiger partial charge in [-0.2, -0.15) is 0 Å². The summed E-state index contributed by atoms with van der Waals surface area (Å²) >= 11 is 0. The maximum absolute atomic E-state index is 13.9. The normalized spacial score (nSPS) is 13.5. The monoisotopic (exact) mass is 522 g/mol. The van der Waals surface area contributed by atoms with Gasteiger partial charge in [0.1, 0.15) is 30.0 Å². The van der Waals surface area contributed by atoms with Gasteiger partial charge in [-0.3, -0.25) is 19.2 Å². The number of rotatable bonds is 12. The molecule has 0 bridgehead atoms. The number of nitrogens with two attached hydrogens (primary N) is 1. The van der Waals surface area contributed by atoms with E-state index < -0.39 is 60.1 Å². The number of carbonyl (C=O) groups is 5. The quantitative estimate of drug-likeness (QED) is 0.298. The SMILES string of the molecule is CCC(C)N(C(=O)C(CCC(N)=O)NC(=O)OC(C)(C)C)C(C(=O)NCC(=O)OC)c1ccccc1O. The van der Waals surface area contributed by atoms with Crippen LogP contribution in [0.3, 0.4) is 0 Å². The second-order valence-electron chi connectivity index (χ2n) is 9.46. The van der Waals surface area contributed by atoms with Crippen molar-refractivity contribution in [2.45, 2.75) is 77.6 Å². The number of para-hydroxylation sites is 1. The number of hydrogen-bond acceptors (Lipinski definition) is 8. The summed E-state index contributed by atoms with van der Waals surface area (Å²) in [5.41, 5.74) is 4.53. The molecule has 0 aliphatic rings. The highest BCUT2D eigenvalue weighted by Crippen LogP contribution is 2.32. The molecule has 0 saturated carbocycles. The lowest BCUT2D eigenvalue weighted by atomic mass is 9.98. The number of hydrogen-bond donors (Lipinski definition) is 4. The fourth-order valence-corrected chi connectivity index (χ4v) is 3.43. The molecule has 37 heavy (non-hydrogen) atoms. The first-order valence-corrected chi connectivity index (χ1v) is 11.9. The Morgan fingerprint density at radius 2 is 1.76 bits per heavy atom. The second kappa shape index (κ2) is 14.0. The van der Waals surface area contributed by atoms with Crippen LogP contribution in [0.5, 0.6) is 5.75 Å². The number of phenols is 1. The summed E-state index contributed by atoms with van der Waals surface area (Å²) in [6.45, 7) is 7.97. The van der Waals surface area contributed by atoms with Gasteiger partial charge in [0.25, 0.3) is 0 Å². The molecule has 0 fully saturated rings. The predicted molar refractivity (Wildman–Crippen MR) is 134 cm³/mol. The molecule has 4 amide bonds. The number of esters is 1. The van der Waals surface area contributed by atoms with E-state index >= 15 is 0 Å². The number of benzene rings is 1. The highest BCUT2D eigenvalue weighted by atomic mass is 16.6. The molecule has 3 atom stereocenters. The Balaban J connectivity index is 3.55. The van der Waals surface area contributed by atoms with Crippen LogP contribution in [0.2, 0.25) is 0 Å². The van der Waals surface area contributed by atoms with Crippen molar-refractivity contribution in [3.8, 4) is 5.75 Å². The van der Waals surface area contributed by atoms with Crippen molar-refractivity contribution >= 4 is 29.8 Å². The summed E-state index contributed by atoms with van der Waals surface area (Å²) in [5, 5.41) is 15.5. The van der Waals surface area contributed by atoms with E-state index in [1.807, 2.05) is 0 Å². The first-order chi connectivity index (χ1) is 17.2. The third-order valence-electron chi connectivity index (χ3n) is 5.38. The molecule has 5 N–H and O–H groups in total. The van der Waals surface area contributed by atoms with E-state index in [0.29, 0.717) is 6.42 Å². The Morgan fingerprint density at radius 1 is 1.14 bits per heavy atom. The number of methoxy groups -OCH3 is 1. The standard InChI is InChI=1S/C25H38N4O8/c1-7-15(2)29(23(34)17(12-13-19(26)31)28-24(35)37-25(3,4)5)21(16-10-8-9-11-18(16)30)22(33)27-14-20(32)36-6/h8-11,15,17,21,30H,7,12-14H2,1-6H3,(H2,26,31)(H,27,33)(H,28,35). The number of amides is 4. The molecule has 0 heterocycles. The van der Waals surface area contributed by atoms with E-state index in [0.717, 1.165) is 7.11 Å². The summed E-state index contributed by atoms with van der Waals surface area (Å²) in [6.07, 6.45) is -0.878. The van der Waals surface area contributed by atoms with Gasteiger partial charge < -0.3 is 35.8 Å². The number of aromatic hydroxyl groups is 1. The van der Waals surface area contributed by atoms with E-state index in [2.05, 4.69) is 15.4 Å². The molecule has 0 spiro atoms. The maximum atomic E-state index is 13.9. The molecule has 0 aromatic heterocycles. The Kier molecular flexibility index (Phi) is 11.8. The summed E-state index contributed by atoms with van der Waals surface area (Å²) in [5.74, 6) is -3.12. The Labute approximate surface area is 216 Å². The largest absolute Gasteiger partial charge is 0.508 e. The third kappa shape index (κ3) is 9.98. The average Bonchev–Trinajstić information content (AvgIpc) is 2.81. The molecular formula is C25H38N4O8. The van der Waals surface area contributed by atoms with Crippen molar-refractivity contribution in [3.05, 3.63) is 29.8 Å². The van der Waals surface area contributed by atoms with E-state index in [-0.39, 0.29) is 24.2 Å². The van der Waals surface area contributed by atoms with E-state index in [1.165, 1.54) is 17.0 Å². The van der Waals surface area contributed by atoms with Crippen molar-refractivity contribution in [2.75, 3.05) is 13.7 Å². The Morgan fingerprint density at radius 3 is 2.27 bits per heavy atom. The minimum Gasteiger partial charge on any atom is -0.508 e. The second-order valence-corrected chi connectivity index (χ2v) is 9.46. The van der Waals surface area contributed by atoms with E-state index in [9.17, 15) is 29.1 Å². The number of nitrogens with zero attached hydrogens (tertiary/aromatic N) is 1. The highest BCUT2D eigenvalue weighted by molar-refractivity contribution is 5.94. The minimum atomic E-state index is -1.38. The number of ether oxygens (including phenoxy) is 2. The first-order valence-electron chi connectivity index (χ1n) is 11.9. The average molecular weight is 523 g/mol. The van der Waals surface area contributed by atoms with Crippen molar-refractivity contribution in [1.82, 2.24) is 15.5 Å². The van der Waals surface area contributed by atoms with Crippen molar-refractivity contribution in [3.63, 3.8) is 0 Å². The van der Waals surface area contributed by atoms with Crippen molar-refractivity contribution in [1.29, 1.82) is 0 Å². The Hall–Kier alpha value is -3.83. The van der Waals surface area contributed by atoms with Crippen LogP contribution in [0.15, 0.2) is 24.3 Å². The number of nitrogens with one attached hydrogen (secondary N) is 2. The minimum absolute atomic E-state index is 0.101. The smallest absolute Gasteiger partial charge is 0.408 e. The van der Waals surface area contributed by atoms with Crippen LogP contribution >= 0.6 is 0 Å². The van der Waals surface area contributed by atoms with Gasteiger partial charge in [-0.15, -0.1) is 0 Å². The fraction of sp³-hybridized carbons (Fsp3) is 0.560. The van der Waals surface area contributed by atoms with Gasteiger partial charge in [0.2, 0.25) is 17.7 Å². The summed E-state index contributed by atoms with van der Waals surface area (Å²) in [4.78, 5) is 64.2. The molecular weight excluding hydrogens is 484 g/mol. The maximum Gasteiger partial charge on any atom is 0.408 e. The number of alkyl carbamates (subject to hydrolysis) is 1. The zero-order valence-corrected chi connectivity index (χ0v) is 22.2. The van der Waals surface area contributed by atoms with Gasteiger partial charge >= 0.3 is 12.1 Å². The Bertz CT molecular complexity index is 976. The fourth-order valence-electron chi connectivity index (χ4n) is 3.43. The highest BCUT2D eigenvalue weighted by Gasteiger charge is 2.39. The van der Waals surface area contributed by atoms with Crippen LogP contribution in [-0.2, 0) is 28.7 Å². The van der Waals surface area contributed by atoms with Gasteiger partial charge in [-0.05, 0) is 46.6 Å². The lowest BCUT2D eigenvalue weighted by Crippen LogP contribution is -2.55. The number of primary amides is 1. The van der Waals surface area contributed by atoms with Crippen LogP contribution in [-0.4, -0.2) is 71.1 Å². The third-order valence-corrected chi connectivity index (χ3v) is 5.38. The van der Waals surface area contributed by atoms with Crippen LogP contribution in [0.4, 0.5) is 4.79 Å². The summed E-state index contributed by atoms with van der Waals surface area (Å²) in [6, 6.07) is 2.73. The number of carbonyl (C=O) groups excluding carboxylic acids is 5. The van der Waals surface area contributed by atoms with Crippen LogP contribution in [0.1, 0.15) is 65.5 Å². The van der Waals surface area contributed by atoms with Gasteiger partial charge in [-0.1, -0.05) is 25.1 Å². The molecule has 12 nitrogen and oxygen atoms in total. The lowest BCUT2D eigenvalue weighted by Gasteiger charge is -2.38. The molecule has 0 aliphatic carbocycles. The van der Waals surface area contributed by atoms with Crippen LogP contribution < -0.4 is 16.4 Å². The van der Waals surface area contributed by atoms with Gasteiger partial charge in [0.05, 0.1) is 7.11 Å². The molecule has 0 aliphatic heterocycles. The molecule has 0 radical (unpaired) electrons. The van der Waals surface area contributed by atoms with Crippen molar-refractivity contribution < 1.29 is 38.6 Å². The van der Waals surface area contributed by atoms with E-state index in [4.69, 9.17) is 10.5 Å². The number of phenolic OH excluding ortho intramolecular Hbond substituents is 1. The van der Waals surface area contributed by atoms with Crippen LogP contribution in [0, 0.1) is 0 Å². The zero-order valence-electron chi connectivity index (χ0n) is 22.2. The van der Waals surface area contributed by atoms with Gasteiger partial charge in [0.15, 0.2) is 0 Å². The molecule has 12 heteroatoms. The van der Waals surface area contributed by atoms with E-state index in [1.54, 1.807) is 46.8 Å². The predicted octanol–water partition coefficient (Wildman–Crippen LogP) is 1.51. The summed E-state index contributed by atoms with van der Waals surface area (Å²) in [7, 11) is 1.16. The van der Waals surface area contributed by atoms with Gasteiger partial charge in [-0.25, -0.2) is 4.79 Å². The molecule has 1 aromatic carbocycles. The molecule has 1 rings (SSSR count). The molecule has 1 aromatic rings. The lowest BCUT2D eigenvalue weighted by molar-refractivity contribution is -0.146. The van der Waals surface area contributed by atoms with Crippen molar-refractivity contribution in [2.24, 2.45) is 5.73 Å². The topological polar surface area (TPSA) is 177 Å². The molecule has 0 saturated heterocycles. The van der Waals surface area contributed by atoms with Gasteiger partial charge in [0, 0.05) is 18.0 Å². The van der Waals surface area contributed by atoms with Crippen LogP contribution in [0.25, 0.3) is 0 Å². The molecule has 206 valence electrons. The summed E-state index contributed by atoms with van der Waals surface area (Å²) < 4.78 is 9.85. The molecule has 3 unspecified atom stereocenters. The zero-order chi connectivity index (χ0) is 28.3.